The van der Waals surface area contributed by atoms with Crippen LogP contribution in [0.2, 0.25) is 0 Å². The van der Waals surface area contributed by atoms with Crippen molar-refractivity contribution in [2.75, 3.05) is 5.75 Å². The Balaban J connectivity index is 2.97. The van der Waals surface area contributed by atoms with Crippen molar-refractivity contribution in [3.05, 3.63) is 12.0 Å². The normalized spacial score (nSPS) is 8.00. The molecule has 40 valence electrons. The fourth-order valence-electron chi connectivity index (χ4n) is 0.141. The van der Waals surface area contributed by atoms with E-state index in [-0.39, 0.29) is 5.91 Å². The number of nitrogens with two attached hydrogens (primary N) is 1. The van der Waals surface area contributed by atoms with Crippen molar-refractivity contribution in [1.29, 1.82) is 0 Å². The minimum Gasteiger partial charge on any atom is -0.369 e. The molecule has 0 radical (unpaired) electrons. The minimum atomic E-state index is -0.301. The minimum absolute atomic E-state index is 0.301. The molecule has 0 bridgehead atoms. The summed E-state index contributed by atoms with van der Waals surface area (Å²) in [5.41, 5.74) is 4.77. The number of rotatable bonds is 3. The molecule has 0 heterocycles. The molecule has 0 rings (SSSR count). The maximum atomic E-state index is 9.91. The molecule has 0 aromatic heterocycles. The van der Waals surface area contributed by atoms with Gasteiger partial charge in [0.15, 0.2) is 0 Å². The summed E-state index contributed by atoms with van der Waals surface area (Å²) in [4.78, 5) is 9.91. The van der Waals surface area contributed by atoms with Crippen LogP contribution in [0, 0.1) is 0 Å². The van der Waals surface area contributed by atoms with Crippen LogP contribution in [-0.2, 0) is 4.79 Å². The highest BCUT2D eigenvalue weighted by molar-refractivity contribution is 8.02. The van der Waals surface area contributed by atoms with Crippen LogP contribution in [0.1, 0.15) is 0 Å². The van der Waals surface area contributed by atoms with Crippen LogP contribution in [-0.4, -0.2) is 11.7 Å². The van der Waals surface area contributed by atoms with Crippen LogP contribution in [0.15, 0.2) is 12.0 Å². The Morgan fingerprint density at radius 2 is 2.57 bits per heavy atom. The molecule has 1 amide bonds. The molecular weight excluding hydrogens is 110 g/mol. The summed E-state index contributed by atoms with van der Waals surface area (Å²) in [5, 5.41) is 1.59. The maximum absolute atomic E-state index is 9.91. The second-order valence-electron chi connectivity index (χ2n) is 0.944. The van der Waals surface area contributed by atoms with Gasteiger partial charge >= 0.3 is 0 Å². The average molecular weight is 117 g/mol. The zero-order valence-electron chi connectivity index (χ0n) is 3.89. The van der Waals surface area contributed by atoms with Crippen molar-refractivity contribution in [2.24, 2.45) is 5.73 Å². The van der Waals surface area contributed by atoms with E-state index < -0.39 is 0 Å². The molecule has 0 fully saturated rings. The zero-order valence-corrected chi connectivity index (χ0v) is 4.70. The molecule has 0 aliphatic heterocycles. The molecular formula is C4H7NOS. The molecule has 0 atom stereocenters. The van der Waals surface area contributed by atoms with Crippen LogP contribution in [0.5, 0.6) is 0 Å². The van der Waals surface area contributed by atoms with Crippen LogP contribution in [0.4, 0.5) is 0 Å². The van der Waals surface area contributed by atoms with E-state index in [1.165, 1.54) is 11.8 Å². The van der Waals surface area contributed by atoms with E-state index in [4.69, 9.17) is 5.73 Å². The third kappa shape index (κ3) is 5.56. The Kier molecular flexibility index (Phi) is 3.50. The highest BCUT2D eigenvalue weighted by Gasteiger charge is 1.86. The van der Waals surface area contributed by atoms with Gasteiger partial charge in [0, 0.05) is 0 Å². The molecule has 0 saturated heterocycles. The molecule has 0 saturated carbocycles. The topological polar surface area (TPSA) is 43.1 Å². The molecule has 0 aliphatic rings. The van der Waals surface area contributed by atoms with Crippen molar-refractivity contribution in [3.63, 3.8) is 0 Å². The van der Waals surface area contributed by atoms with Gasteiger partial charge in [-0.25, -0.2) is 0 Å². The molecule has 7 heavy (non-hydrogen) atoms. The van der Waals surface area contributed by atoms with E-state index >= 15 is 0 Å². The van der Waals surface area contributed by atoms with Crippen molar-refractivity contribution >= 4 is 17.7 Å². The summed E-state index contributed by atoms with van der Waals surface area (Å²) < 4.78 is 0. The highest BCUT2D eigenvalue weighted by atomic mass is 32.2. The quantitative estimate of drug-likeness (QED) is 0.579. The van der Waals surface area contributed by atoms with Crippen LogP contribution >= 0.6 is 11.8 Å². The third-order valence-corrected chi connectivity index (χ3v) is 1.03. The summed E-state index contributed by atoms with van der Waals surface area (Å²) in [6.07, 6.45) is 0. The van der Waals surface area contributed by atoms with E-state index in [0.29, 0.717) is 5.75 Å². The SMILES string of the molecule is C=CSCC(N)=O. The van der Waals surface area contributed by atoms with Crippen molar-refractivity contribution < 1.29 is 4.79 Å². The van der Waals surface area contributed by atoms with E-state index in [1.807, 2.05) is 0 Å². The summed E-state index contributed by atoms with van der Waals surface area (Å²) in [6.45, 7) is 3.39. The predicted octanol–water partition coefficient (Wildman–Crippen LogP) is 0.348. The van der Waals surface area contributed by atoms with Gasteiger partial charge < -0.3 is 5.73 Å². The summed E-state index contributed by atoms with van der Waals surface area (Å²) in [5.74, 6) is 0.0358. The Bertz CT molecular complexity index is 81.8. The van der Waals surface area contributed by atoms with Gasteiger partial charge in [-0.3, -0.25) is 4.79 Å². The van der Waals surface area contributed by atoms with E-state index in [1.54, 1.807) is 5.41 Å². The summed E-state index contributed by atoms with van der Waals surface area (Å²) in [6, 6.07) is 0. The molecule has 0 spiro atoms. The molecule has 0 aliphatic carbocycles. The van der Waals surface area contributed by atoms with E-state index in [9.17, 15) is 4.79 Å². The lowest BCUT2D eigenvalue weighted by Crippen LogP contribution is -2.12. The van der Waals surface area contributed by atoms with Crippen molar-refractivity contribution in [2.45, 2.75) is 0 Å². The van der Waals surface area contributed by atoms with Crippen molar-refractivity contribution in [1.82, 2.24) is 0 Å². The first kappa shape index (κ1) is 6.56. The Hall–Kier alpha value is -0.440. The van der Waals surface area contributed by atoms with Gasteiger partial charge in [0.1, 0.15) is 0 Å². The van der Waals surface area contributed by atoms with Gasteiger partial charge in [-0.05, 0) is 5.41 Å². The van der Waals surface area contributed by atoms with E-state index in [0.717, 1.165) is 0 Å². The fraction of sp³-hybridized carbons (Fsp3) is 0.250. The first-order valence-electron chi connectivity index (χ1n) is 1.78. The number of carbonyl (C=O) groups excluding carboxylic acids is 1. The zero-order chi connectivity index (χ0) is 5.70. The summed E-state index contributed by atoms with van der Waals surface area (Å²) in [7, 11) is 0. The molecule has 0 aromatic rings. The first-order chi connectivity index (χ1) is 3.27. The lowest BCUT2D eigenvalue weighted by molar-refractivity contribution is -0.115. The number of primary amides is 1. The van der Waals surface area contributed by atoms with E-state index in [2.05, 4.69) is 6.58 Å². The highest BCUT2D eigenvalue weighted by Crippen LogP contribution is 1.95. The van der Waals surface area contributed by atoms with Crippen LogP contribution in [0.3, 0.4) is 0 Å². The van der Waals surface area contributed by atoms with Crippen molar-refractivity contribution in [3.8, 4) is 0 Å². The molecule has 2 N–H and O–H groups in total. The Morgan fingerprint density at radius 1 is 2.00 bits per heavy atom. The number of thioether (sulfide) groups is 1. The number of hydrogen-bond acceptors (Lipinski definition) is 2. The average Bonchev–Trinajstić information content (AvgIpc) is 1.61. The van der Waals surface area contributed by atoms with Gasteiger partial charge in [0.2, 0.25) is 5.91 Å². The smallest absolute Gasteiger partial charge is 0.227 e. The lowest BCUT2D eigenvalue weighted by atomic mass is 10.8. The second kappa shape index (κ2) is 3.74. The molecule has 0 aromatic carbocycles. The Labute approximate surface area is 46.8 Å². The number of amides is 1. The third-order valence-electron chi connectivity index (χ3n) is 0.343. The summed E-state index contributed by atoms with van der Waals surface area (Å²) >= 11 is 1.31. The second-order valence-corrected chi connectivity index (χ2v) is 1.90. The number of carbonyl (C=O) groups is 1. The van der Waals surface area contributed by atoms with Gasteiger partial charge in [0.05, 0.1) is 5.75 Å². The van der Waals surface area contributed by atoms with Gasteiger partial charge in [0.25, 0.3) is 0 Å². The maximum Gasteiger partial charge on any atom is 0.227 e. The molecule has 0 unspecified atom stereocenters. The van der Waals surface area contributed by atoms with Gasteiger partial charge in [-0.2, -0.15) is 0 Å². The van der Waals surface area contributed by atoms with Gasteiger partial charge in [-0.15, -0.1) is 11.8 Å². The van der Waals surface area contributed by atoms with Gasteiger partial charge in [-0.1, -0.05) is 6.58 Å². The molecule has 3 heteroatoms. The predicted molar refractivity (Wildman–Crippen MR) is 31.8 cm³/mol. The van der Waals surface area contributed by atoms with Crippen LogP contribution in [0.25, 0.3) is 0 Å². The lowest BCUT2D eigenvalue weighted by Gasteiger charge is -1.83. The number of hydrogen-bond donors (Lipinski definition) is 1. The van der Waals surface area contributed by atoms with Crippen LogP contribution < -0.4 is 5.73 Å². The molecule has 2 nitrogen and oxygen atoms in total. The fourth-order valence-corrected chi connectivity index (χ4v) is 0.423. The largest absolute Gasteiger partial charge is 0.369 e. The monoisotopic (exact) mass is 117 g/mol. The first-order valence-corrected chi connectivity index (χ1v) is 2.83. The standard InChI is InChI=1S/C4H7NOS/c1-2-7-3-4(5)6/h2H,1,3H2,(H2,5,6). The Morgan fingerprint density at radius 3 is 2.71 bits per heavy atom.